The number of piperazine rings is 1. The molecule has 4 heteroatoms. The van der Waals surface area contributed by atoms with Gasteiger partial charge in [0.1, 0.15) is 0 Å². The molecule has 0 saturated carbocycles. The second-order valence-corrected chi connectivity index (χ2v) is 8.13. The van der Waals surface area contributed by atoms with E-state index in [0.717, 1.165) is 45.2 Å². The maximum absolute atomic E-state index is 4.21. The number of nitrogens with zero attached hydrogens (tertiary/aromatic N) is 3. The molecule has 1 aliphatic rings. The summed E-state index contributed by atoms with van der Waals surface area (Å²) in [4.78, 5) is 12.4. The molecule has 2 aromatic rings. The molecule has 2 aromatic heterocycles. The van der Waals surface area contributed by atoms with Crippen molar-refractivity contribution >= 4 is 11.3 Å². The Morgan fingerprint density at radius 3 is 2.35 bits per heavy atom. The number of rotatable bonds is 6. The topological polar surface area (TPSA) is 19.4 Å². The van der Waals surface area contributed by atoms with E-state index < -0.39 is 0 Å². The van der Waals surface area contributed by atoms with Crippen molar-refractivity contribution < 1.29 is 0 Å². The van der Waals surface area contributed by atoms with Gasteiger partial charge in [-0.25, -0.2) is 0 Å². The Morgan fingerprint density at radius 2 is 1.70 bits per heavy atom. The van der Waals surface area contributed by atoms with Crippen LogP contribution in [0.25, 0.3) is 0 Å². The Bertz CT molecular complexity index is 586. The molecule has 0 aliphatic carbocycles. The summed E-state index contributed by atoms with van der Waals surface area (Å²) in [6.07, 6.45) is 5.04. The van der Waals surface area contributed by atoms with Crippen LogP contribution >= 0.6 is 11.3 Å². The average molecular weight is 330 g/mol. The zero-order valence-electron chi connectivity index (χ0n) is 14.2. The Balaban J connectivity index is 1.45. The van der Waals surface area contributed by atoms with Crippen molar-refractivity contribution in [2.24, 2.45) is 5.92 Å². The van der Waals surface area contributed by atoms with Gasteiger partial charge in [-0.1, -0.05) is 19.9 Å². The van der Waals surface area contributed by atoms with Crippen LogP contribution in [-0.2, 0) is 19.5 Å². The molecular formula is C19H27N3S. The van der Waals surface area contributed by atoms with Crippen LogP contribution in [-0.4, -0.2) is 41.0 Å². The number of aromatic nitrogens is 1. The van der Waals surface area contributed by atoms with Crippen molar-refractivity contribution in [2.75, 3.05) is 26.2 Å². The molecule has 0 amide bonds. The van der Waals surface area contributed by atoms with Gasteiger partial charge in [-0.15, -0.1) is 11.3 Å². The number of thiophene rings is 1. The summed E-state index contributed by atoms with van der Waals surface area (Å²) in [6, 6.07) is 8.83. The van der Waals surface area contributed by atoms with Crippen molar-refractivity contribution in [1.82, 2.24) is 14.8 Å². The minimum Gasteiger partial charge on any atom is -0.296 e. The third kappa shape index (κ3) is 5.13. The van der Waals surface area contributed by atoms with Gasteiger partial charge in [0.2, 0.25) is 0 Å². The maximum Gasteiger partial charge on any atom is 0.0329 e. The fourth-order valence-corrected chi connectivity index (χ4v) is 4.37. The molecule has 3 heterocycles. The van der Waals surface area contributed by atoms with Crippen molar-refractivity contribution in [3.05, 3.63) is 52.0 Å². The lowest BCUT2D eigenvalue weighted by Gasteiger charge is -2.34. The third-order valence-electron chi connectivity index (χ3n) is 4.30. The van der Waals surface area contributed by atoms with Crippen molar-refractivity contribution in [2.45, 2.75) is 33.4 Å². The summed E-state index contributed by atoms with van der Waals surface area (Å²) in [6.45, 7) is 11.4. The summed E-state index contributed by atoms with van der Waals surface area (Å²) >= 11 is 1.99. The van der Waals surface area contributed by atoms with E-state index in [2.05, 4.69) is 46.8 Å². The summed E-state index contributed by atoms with van der Waals surface area (Å²) < 4.78 is 0. The zero-order chi connectivity index (χ0) is 16.1. The lowest BCUT2D eigenvalue weighted by atomic mass is 10.1. The number of hydrogen-bond acceptors (Lipinski definition) is 4. The van der Waals surface area contributed by atoms with Crippen LogP contribution in [0.4, 0.5) is 0 Å². The van der Waals surface area contributed by atoms with Gasteiger partial charge in [-0.3, -0.25) is 14.8 Å². The first-order chi connectivity index (χ1) is 11.2. The van der Waals surface area contributed by atoms with E-state index in [9.17, 15) is 0 Å². The van der Waals surface area contributed by atoms with Gasteiger partial charge >= 0.3 is 0 Å². The van der Waals surface area contributed by atoms with Crippen molar-refractivity contribution in [3.8, 4) is 0 Å². The molecule has 1 aliphatic heterocycles. The Morgan fingerprint density at radius 1 is 1.00 bits per heavy atom. The van der Waals surface area contributed by atoms with Crippen LogP contribution < -0.4 is 0 Å². The Labute approximate surface area is 144 Å². The highest BCUT2D eigenvalue weighted by atomic mass is 32.1. The molecule has 23 heavy (non-hydrogen) atoms. The predicted molar refractivity (Wildman–Crippen MR) is 97.7 cm³/mol. The van der Waals surface area contributed by atoms with Crippen LogP contribution in [0.2, 0.25) is 0 Å². The third-order valence-corrected chi connectivity index (χ3v) is 5.39. The molecule has 0 aromatic carbocycles. The van der Waals surface area contributed by atoms with Crippen molar-refractivity contribution in [1.29, 1.82) is 0 Å². The quantitative estimate of drug-likeness (QED) is 0.806. The molecule has 0 atom stereocenters. The fraction of sp³-hybridized carbons (Fsp3) is 0.526. The normalized spacial score (nSPS) is 17.0. The summed E-state index contributed by atoms with van der Waals surface area (Å²) in [5.41, 5.74) is 1.32. The molecule has 3 rings (SSSR count). The van der Waals surface area contributed by atoms with Crippen molar-refractivity contribution in [3.63, 3.8) is 0 Å². The van der Waals surface area contributed by atoms with Crippen LogP contribution in [0.5, 0.6) is 0 Å². The SMILES string of the molecule is CC(C)Cc1ccc(CN2CCN(Cc3cccnc3)CC2)s1. The highest BCUT2D eigenvalue weighted by Gasteiger charge is 2.17. The standard InChI is InChI=1S/C19H27N3S/c1-16(2)12-18-5-6-19(23-18)15-22-10-8-21(9-11-22)14-17-4-3-7-20-13-17/h3-7,13,16H,8-12,14-15H2,1-2H3. The highest BCUT2D eigenvalue weighted by Crippen LogP contribution is 2.22. The van der Waals surface area contributed by atoms with E-state index in [1.807, 2.05) is 29.8 Å². The van der Waals surface area contributed by atoms with Crippen LogP contribution in [0.3, 0.4) is 0 Å². The van der Waals surface area contributed by atoms with E-state index in [0.29, 0.717) is 0 Å². The fourth-order valence-electron chi connectivity index (χ4n) is 3.10. The average Bonchev–Trinajstić information content (AvgIpc) is 2.96. The monoisotopic (exact) mass is 329 g/mol. The van der Waals surface area contributed by atoms with Gasteiger partial charge in [0, 0.05) is 61.4 Å². The number of pyridine rings is 1. The summed E-state index contributed by atoms with van der Waals surface area (Å²) in [5.74, 6) is 0.748. The predicted octanol–water partition coefficient (Wildman–Crippen LogP) is 3.66. The van der Waals surface area contributed by atoms with E-state index in [1.54, 1.807) is 0 Å². The van der Waals surface area contributed by atoms with E-state index in [4.69, 9.17) is 0 Å². The van der Waals surface area contributed by atoms with Crippen LogP contribution in [0.1, 0.15) is 29.2 Å². The molecule has 0 bridgehead atoms. The zero-order valence-corrected chi connectivity index (χ0v) is 15.1. The molecule has 3 nitrogen and oxygen atoms in total. The molecule has 124 valence electrons. The van der Waals surface area contributed by atoms with E-state index >= 15 is 0 Å². The molecule has 0 N–H and O–H groups in total. The minimum absolute atomic E-state index is 0.748. The molecule has 0 spiro atoms. The molecule has 0 unspecified atom stereocenters. The summed E-state index contributed by atoms with van der Waals surface area (Å²) in [7, 11) is 0. The first-order valence-electron chi connectivity index (χ1n) is 8.60. The lowest BCUT2D eigenvalue weighted by Crippen LogP contribution is -2.45. The first-order valence-corrected chi connectivity index (χ1v) is 9.42. The largest absolute Gasteiger partial charge is 0.296 e. The maximum atomic E-state index is 4.21. The van der Waals surface area contributed by atoms with E-state index in [-0.39, 0.29) is 0 Å². The van der Waals surface area contributed by atoms with Crippen LogP contribution in [0.15, 0.2) is 36.7 Å². The molecule has 1 saturated heterocycles. The second-order valence-electron chi connectivity index (χ2n) is 6.88. The molecule has 0 radical (unpaired) electrons. The lowest BCUT2D eigenvalue weighted by molar-refractivity contribution is 0.122. The minimum atomic E-state index is 0.748. The highest BCUT2D eigenvalue weighted by molar-refractivity contribution is 7.11. The van der Waals surface area contributed by atoms with Gasteiger partial charge < -0.3 is 0 Å². The van der Waals surface area contributed by atoms with Gasteiger partial charge in [-0.2, -0.15) is 0 Å². The second kappa shape index (κ2) is 8.04. The smallest absolute Gasteiger partial charge is 0.0329 e. The number of hydrogen-bond donors (Lipinski definition) is 0. The van der Waals surface area contributed by atoms with Gasteiger partial charge in [-0.05, 0) is 36.1 Å². The molecular weight excluding hydrogens is 302 g/mol. The van der Waals surface area contributed by atoms with Gasteiger partial charge in [0.15, 0.2) is 0 Å². The van der Waals surface area contributed by atoms with Gasteiger partial charge in [0.05, 0.1) is 0 Å². The molecule has 1 fully saturated rings. The van der Waals surface area contributed by atoms with Crippen LogP contribution in [0, 0.1) is 5.92 Å². The first kappa shape index (κ1) is 16.6. The van der Waals surface area contributed by atoms with E-state index in [1.165, 1.54) is 21.7 Å². The van der Waals surface area contributed by atoms with Gasteiger partial charge in [0.25, 0.3) is 0 Å². The Kier molecular flexibility index (Phi) is 5.81. The summed E-state index contributed by atoms with van der Waals surface area (Å²) in [5, 5.41) is 0. The Hall–Kier alpha value is -1.23.